The predicted molar refractivity (Wildman–Crippen MR) is 107 cm³/mol. The average Bonchev–Trinajstić information content (AvgIpc) is 2.65. The van der Waals surface area contributed by atoms with Gasteiger partial charge in [-0.2, -0.15) is 0 Å². The minimum atomic E-state index is -3.32. The molecule has 1 N–H and O–H groups in total. The molecule has 0 bridgehead atoms. The van der Waals surface area contributed by atoms with E-state index in [1.54, 1.807) is 31.2 Å². The van der Waals surface area contributed by atoms with Crippen LogP contribution in [0.2, 0.25) is 0 Å². The summed E-state index contributed by atoms with van der Waals surface area (Å²) in [4.78, 5) is 12.5. The van der Waals surface area contributed by atoms with Crippen molar-refractivity contribution >= 4 is 21.6 Å². The van der Waals surface area contributed by atoms with Crippen LogP contribution in [0.4, 0.5) is 5.69 Å². The summed E-state index contributed by atoms with van der Waals surface area (Å²) in [5.41, 5.74) is 1.57. The SMILES string of the molecule is CC[C@H](NC(=O)[C@H](C)Oc1ccc(N(C)S(C)(=O)=O)cc1)c1ccccc1. The Kier molecular flexibility index (Phi) is 6.85. The Bertz CT molecular complexity index is 851. The number of nitrogens with one attached hydrogen (secondary N) is 1. The van der Waals surface area contributed by atoms with E-state index in [1.807, 2.05) is 37.3 Å². The lowest BCUT2D eigenvalue weighted by Crippen LogP contribution is -2.38. The van der Waals surface area contributed by atoms with Crippen LogP contribution in [-0.4, -0.2) is 33.7 Å². The van der Waals surface area contributed by atoms with Gasteiger partial charge in [-0.1, -0.05) is 37.3 Å². The minimum absolute atomic E-state index is 0.0736. The topological polar surface area (TPSA) is 75.7 Å². The monoisotopic (exact) mass is 390 g/mol. The van der Waals surface area contributed by atoms with E-state index >= 15 is 0 Å². The average molecular weight is 391 g/mol. The van der Waals surface area contributed by atoms with Crippen LogP contribution < -0.4 is 14.4 Å². The second kappa shape index (κ2) is 8.90. The first kappa shape index (κ1) is 20.8. The predicted octanol–water partition coefficient (Wildman–Crippen LogP) is 3.12. The first-order valence-corrected chi connectivity index (χ1v) is 10.6. The first-order chi connectivity index (χ1) is 12.7. The van der Waals surface area contributed by atoms with Crippen LogP contribution in [0, 0.1) is 0 Å². The molecular formula is C20H26N2O4S. The lowest BCUT2D eigenvalue weighted by Gasteiger charge is -2.21. The number of sulfonamides is 1. The van der Waals surface area contributed by atoms with E-state index in [0.717, 1.165) is 18.2 Å². The van der Waals surface area contributed by atoms with E-state index in [-0.39, 0.29) is 11.9 Å². The summed E-state index contributed by atoms with van der Waals surface area (Å²) in [6.07, 6.45) is 1.23. The number of rotatable bonds is 8. The molecule has 0 heterocycles. The van der Waals surface area contributed by atoms with Crippen molar-refractivity contribution < 1.29 is 17.9 Å². The zero-order valence-electron chi connectivity index (χ0n) is 16.0. The highest BCUT2D eigenvalue weighted by Crippen LogP contribution is 2.21. The van der Waals surface area contributed by atoms with Crippen LogP contribution in [0.5, 0.6) is 5.75 Å². The van der Waals surface area contributed by atoms with Crippen LogP contribution in [0.15, 0.2) is 54.6 Å². The molecule has 0 aliphatic heterocycles. The summed E-state index contributed by atoms with van der Waals surface area (Å²) in [5, 5.41) is 3.00. The molecule has 146 valence electrons. The highest BCUT2D eigenvalue weighted by atomic mass is 32.2. The van der Waals surface area contributed by atoms with Crippen LogP contribution in [0.3, 0.4) is 0 Å². The second-order valence-electron chi connectivity index (χ2n) is 6.36. The summed E-state index contributed by atoms with van der Waals surface area (Å²) >= 11 is 0. The molecule has 0 aromatic heterocycles. The molecule has 2 aromatic carbocycles. The molecule has 0 aliphatic rings. The quantitative estimate of drug-likeness (QED) is 0.751. The number of nitrogens with zero attached hydrogens (tertiary/aromatic N) is 1. The van der Waals surface area contributed by atoms with Gasteiger partial charge in [-0.3, -0.25) is 9.10 Å². The third kappa shape index (κ3) is 5.72. The summed E-state index contributed by atoms with van der Waals surface area (Å²) < 4.78 is 30.0. The molecule has 7 heteroatoms. The minimum Gasteiger partial charge on any atom is -0.481 e. The molecule has 0 saturated carbocycles. The smallest absolute Gasteiger partial charge is 0.261 e. The zero-order valence-corrected chi connectivity index (χ0v) is 16.9. The van der Waals surface area contributed by atoms with Gasteiger partial charge in [-0.15, -0.1) is 0 Å². The van der Waals surface area contributed by atoms with Crippen LogP contribution >= 0.6 is 0 Å². The maximum Gasteiger partial charge on any atom is 0.261 e. The number of carbonyl (C=O) groups is 1. The van der Waals surface area contributed by atoms with Crippen molar-refractivity contribution in [3.8, 4) is 5.75 Å². The largest absolute Gasteiger partial charge is 0.481 e. The van der Waals surface area contributed by atoms with Crippen molar-refractivity contribution in [1.29, 1.82) is 0 Å². The van der Waals surface area contributed by atoms with E-state index in [0.29, 0.717) is 11.4 Å². The molecule has 1 amide bonds. The Balaban J connectivity index is 1.99. The number of hydrogen-bond acceptors (Lipinski definition) is 4. The summed E-state index contributed by atoms with van der Waals surface area (Å²) in [5.74, 6) is 0.291. The molecule has 0 fully saturated rings. The van der Waals surface area contributed by atoms with Gasteiger partial charge < -0.3 is 10.1 Å². The highest BCUT2D eigenvalue weighted by molar-refractivity contribution is 7.92. The molecule has 6 nitrogen and oxygen atoms in total. The molecular weight excluding hydrogens is 364 g/mol. The lowest BCUT2D eigenvalue weighted by molar-refractivity contribution is -0.128. The molecule has 0 saturated heterocycles. The van der Waals surface area contributed by atoms with E-state index in [1.165, 1.54) is 11.4 Å². The number of anilines is 1. The Morgan fingerprint density at radius 1 is 1.11 bits per heavy atom. The van der Waals surface area contributed by atoms with Gasteiger partial charge in [-0.05, 0) is 43.2 Å². The van der Waals surface area contributed by atoms with Crippen molar-refractivity contribution in [2.45, 2.75) is 32.4 Å². The Labute approximate surface area is 161 Å². The van der Waals surface area contributed by atoms with Gasteiger partial charge in [0.2, 0.25) is 10.0 Å². The fourth-order valence-electron chi connectivity index (χ4n) is 2.58. The summed E-state index contributed by atoms with van der Waals surface area (Å²) in [6.45, 7) is 3.70. The Morgan fingerprint density at radius 3 is 2.22 bits per heavy atom. The van der Waals surface area contributed by atoms with Crippen molar-refractivity contribution in [3.05, 3.63) is 60.2 Å². The normalized spacial score (nSPS) is 13.5. The third-order valence-electron chi connectivity index (χ3n) is 4.31. The van der Waals surface area contributed by atoms with Gasteiger partial charge in [0.1, 0.15) is 5.75 Å². The molecule has 0 unspecified atom stereocenters. The lowest BCUT2D eigenvalue weighted by atomic mass is 10.0. The second-order valence-corrected chi connectivity index (χ2v) is 8.38. The van der Waals surface area contributed by atoms with Gasteiger partial charge in [0.25, 0.3) is 5.91 Å². The number of amides is 1. The molecule has 2 rings (SSSR count). The van der Waals surface area contributed by atoms with Crippen molar-refractivity contribution in [2.24, 2.45) is 0 Å². The van der Waals surface area contributed by atoms with Crippen LogP contribution in [-0.2, 0) is 14.8 Å². The third-order valence-corrected chi connectivity index (χ3v) is 5.51. The van der Waals surface area contributed by atoms with E-state index in [4.69, 9.17) is 4.74 Å². The number of benzene rings is 2. The van der Waals surface area contributed by atoms with Crippen molar-refractivity contribution in [2.75, 3.05) is 17.6 Å². The van der Waals surface area contributed by atoms with Gasteiger partial charge >= 0.3 is 0 Å². The Morgan fingerprint density at radius 2 is 1.70 bits per heavy atom. The zero-order chi connectivity index (χ0) is 20.0. The standard InChI is InChI=1S/C20H26N2O4S/c1-5-19(16-9-7-6-8-10-16)21-20(23)15(2)26-18-13-11-17(12-14-18)22(3)27(4,24)25/h6-15,19H,5H2,1-4H3,(H,21,23)/t15-,19-/m0/s1. The van der Waals surface area contributed by atoms with Crippen LogP contribution in [0.1, 0.15) is 31.9 Å². The summed E-state index contributed by atoms with van der Waals surface area (Å²) in [6, 6.07) is 16.3. The van der Waals surface area contributed by atoms with Gasteiger partial charge in [0.05, 0.1) is 18.0 Å². The van der Waals surface area contributed by atoms with Gasteiger partial charge in [-0.25, -0.2) is 8.42 Å². The maximum atomic E-state index is 12.5. The molecule has 0 aliphatic carbocycles. The fourth-order valence-corrected chi connectivity index (χ4v) is 3.08. The number of ether oxygens (including phenoxy) is 1. The molecule has 2 aromatic rings. The molecule has 27 heavy (non-hydrogen) atoms. The van der Waals surface area contributed by atoms with Gasteiger partial charge in [0.15, 0.2) is 6.10 Å². The number of carbonyl (C=O) groups excluding carboxylic acids is 1. The summed E-state index contributed by atoms with van der Waals surface area (Å²) in [7, 11) is -1.84. The van der Waals surface area contributed by atoms with Crippen LogP contribution in [0.25, 0.3) is 0 Å². The highest BCUT2D eigenvalue weighted by Gasteiger charge is 2.19. The molecule has 0 spiro atoms. The Hall–Kier alpha value is -2.54. The van der Waals surface area contributed by atoms with Crippen molar-refractivity contribution in [1.82, 2.24) is 5.32 Å². The van der Waals surface area contributed by atoms with Crippen molar-refractivity contribution in [3.63, 3.8) is 0 Å². The fraction of sp³-hybridized carbons (Fsp3) is 0.350. The van der Waals surface area contributed by atoms with Gasteiger partial charge in [0, 0.05) is 7.05 Å². The molecule has 0 radical (unpaired) electrons. The maximum absolute atomic E-state index is 12.5. The van der Waals surface area contributed by atoms with E-state index < -0.39 is 16.1 Å². The number of hydrogen-bond donors (Lipinski definition) is 1. The first-order valence-electron chi connectivity index (χ1n) is 8.78. The van der Waals surface area contributed by atoms with E-state index in [2.05, 4.69) is 5.32 Å². The van der Waals surface area contributed by atoms with E-state index in [9.17, 15) is 13.2 Å². The molecule has 2 atom stereocenters.